The number of esters is 1. The van der Waals surface area contributed by atoms with Crippen LogP contribution in [0.5, 0.6) is 0 Å². The van der Waals surface area contributed by atoms with E-state index in [9.17, 15) is 19.2 Å². The monoisotopic (exact) mass is 409 g/mol. The molecule has 1 saturated heterocycles. The number of carbonyl (C=O) groups is 4. The van der Waals surface area contributed by atoms with Crippen LogP contribution in [0.2, 0.25) is 5.02 Å². The van der Waals surface area contributed by atoms with E-state index >= 15 is 0 Å². The average Bonchev–Trinajstić information content (AvgIpc) is 3.05. The number of hydrogen-bond donors (Lipinski definition) is 2. The number of amides is 3. The highest BCUT2D eigenvalue weighted by Gasteiger charge is 2.35. The number of likely N-dealkylation sites (tertiary alicyclic amines) is 1. The molecule has 1 atom stereocenters. The van der Waals surface area contributed by atoms with Crippen LogP contribution in [-0.2, 0) is 30.5 Å². The molecule has 0 radical (unpaired) electrons. The molecule has 1 aromatic rings. The van der Waals surface area contributed by atoms with Crippen LogP contribution in [-0.4, -0.2) is 54.8 Å². The van der Waals surface area contributed by atoms with Crippen LogP contribution in [0.4, 0.5) is 0 Å². The molecule has 1 aromatic carbocycles. The SMILES string of the molecule is CCCNC(=O)CNC(=O)COC(=O)[C@H]1CC(=O)N(Cc2ccccc2Cl)C1. The number of carbonyl (C=O) groups excluding carboxylic acids is 4. The normalized spacial score (nSPS) is 16.0. The van der Waals surface area contributed by atoms with Gasteiger partial charge in [-0.25, -0.2) is 0 Å². The molecule has 1 aliphatic rings. The van der Waals surface area contributed by atoms with Crippen LogP contribution in [0.15, 0.2) is 24.3 Å². The lowest BCUT2D eigenvalue weighted by molar-refractivity contribution is -0.152. The molecular formula is C19H24ClN3O5. The van der Waals surface area contributed by atoms with Crippen molar-refractivity contribution in [2.45, 2.75) is 26.3 Å². The number of hydrogen-bond acceptors (Lipinski definition) is 5. The molecule has 9 heteroatoms. The predicted octanol–water partition coefficient (Wildman–Crippen LogP) is 0.874. The standard InChI is InChI=1S/C19H24ClN3O5/c1-2-7-21-16(24)9-22-17(25)12-28-19(27)14-8-18(26)23(11-14)10-13-5-3-4-6-15(13)20/h3-6,14H,2,7-12H2,1H3,(H,21,24)(H,22,25)/t14-/m0/s1. The Morgan fingerprint density at radius 3 is 2.68 bits per heavy atom. The summed E-state index contributed by atoms with van der Waals surface area (Å²) in [7, 11) is 0. The molecule has 0 aliphatic carbocycles. The van der Waals surface area contributed by atoms with Crippen molar-refractivity contribution in [3.63, 3.8) is 0 Å². The number of rotatable bonds is 9. The molecule has 0 saturated carbocycles. The third-order valence-electron chi connectivity index (χ3n) is 4.23. The Kier molecular flexibility index (Phi) is 8.25. The minimum absolute atomic E-state index is 0.0321. The molecule has 0 spiro atoms. The van der Waals surface area contributed by atoms with Crippen molar-refractivity contribution < 1.29 is 23.9 Å². The Labute approximate surface area is 168 Å². The van der Waals surface area contributed by atoms with Gasteiger partial charge in [0.2, 0.25) is 11.8 Å². The summed E-state index contributed by atoms with van der Waals surface area (Å²) in [6.07, 6.45) is 0.829. The zero-order chi connectivity index (χ0) is 20.5. The van der Waals surface area contributed by atoms with Gasteiger partial charge in [-0.15, -0.1) is 0 Å². The fraction of sp³-hybridized carbons (Fsp3) is 0.474. The lowest BCUT2D eigenvalue weighted by Gasteiger charge is -2.17. The van der Waals surface area contributed by atoms with Crippen molar-refractivity contribution >= 4 is 35.3 Å². The maximum atomic E-state index is 12.2. The Hall–Kier alpha value is -2.61. The smallest absolute Gasteiger partial charge is 0.311 e. The topological polar surface area (TPSA) is 105 Å². The summed E-state index contributed by atoms with van der Waals surface area (Å²) in [6.45, 7) is 2.31. The second kappa shape index (κ2) is 10.7. The van der Waals surface area contributed by atoms with Crippen molar-refractivity contribution in [2.24, 2.45) is 5.92 Å². The van der Waals surface area contributed by atoms with Gasteiger partial charge in [0.1, 0.15) is 0 Å². The van der Waals surface area contributed by atoms with Crippen molar-refractivity contribution in [1.82, 2.24) is 15.5 Å². The number of nitrogens with zero attached hydrogens (tertiary/aromatic N) is 1. The van der Waals surface area contributed by atoms with Crippen LogP contribution in [0.1, 0.15) is 25.3 Å². The molecule has 0 bridgehead atoms. The van der Waals surface area contributed by atoms with E-state index in [1.54, 1.807) is 17.0 Å². The van der Waals surface area contributed by atoms with Gasteiger partial charge in [-0.3, -0.25) is 19.2 Å². The van der Waals surface area contributed by atoms with Gasteiger partial charge in [-0.2, -0.15) is 0 Å². The van der Waals surface area contributed by atoms with E-state index in [1.165, 1.54) is 0 Å². The number of ether oxygens (including phenoxy) is 1. The van der Waals surface area contributed by atoms with Gasteiger partial charge in [0.25, 0.3) is 5.91 Å². The number of halogens is 1. The predicted molar refractivity (Wildman–Crippen MR) is 102 cm³/mol. The second-order valence-electron chi connectivity index (χ2n) is 6.50. The Morgan fingerprint density at radius 1 is 1.21 bits per heavy atom. The average molecular weight is 410 g/mol. The molecular weight excluding hydrogens is 386 g/mol. The highest BCUT2D eigenvalue weighted by atomic mass is 35.5. The Balaban J connectivity index is 1.74. The molecule has 28 heavy (non-hydrogen) atoms. The van der Waals surface area contributed by atoms with E-state index in [1.807, 2.05) is 19.1 Å². The minimum Gasteiger partial charge on any atom is -0.455 e. The second-order valence-corrected chi connectivity index (χ2v) is 6.91. The molecule has 0 unspecified atom stereocenters. The third-order valence-corrected chi connectivity index (χ3v) is 4.60. The van der Waals surface area contributed by atoms with Crippen molar-refractivity contribution in [3.8, 4) is 0 Å². The van der Waals surface area contributed by atoms with Crippen LogP contribution in [0.3, 0.4) is 0 Å². The van der Waals surface area contributed by atoms with E-state index in [2.05, 4.69) is 10.6 Å². The zero-order valence-electron chi connectivity index (χ0n) is 15.7. The lowest BCUT2D eigenvalue weighted by atomic mass is 10.1. The molecule has 2 N–H and O–H groups in total. The maximum Gasteiger partial charge on any atom is 0.311 e. The summed E-state index contributed by atoms with van der Waals surface area (Å²) in [5, 5.41) is 5.55. The van der Waals surface area contributed by atoms with Crippen molar-refractivity contribution in [2.75, 3.05) is 26.2 Å². The first kappa shape index (κ1) is 21.7. The van der Waals surface area contributed by atoms with Gasteiger partial charge < -0.3 is 20.3 Å². The minimum atomic E-state index is -0.629. The molecule has 3 amide bonds. The number of nitrogens with one attached hydrogen (secondary N) is 2. The highest BCUT2D eigenvalue weighted by Crippen LogP contribution is 2.24. The van der Waals surface area contributed by atoms with Crippen LogP contribution in [0.25, 0.3) is 0 Å². The van der Waals surface area contributed by atoms with Gasteiger partial charge in [0, 0.05) is 31.1 Å². The molecule has 1 aliphatic heterocycles. The maximum absolute atomic E-state index is 12.2. The largest absolute Gasteiger partial charge is 0.455 e. The van der Waals surface area contributed by atoms with E-state index in [-0.39, 0.29) is 31.3 Å². The lowest BCUT2D eigenvalue weighted by Crippen LogP contribution is -2.39. The molecule has 2 rings (SSSR count). The summed E-state index contributed by atoms with van der Waals surface area (Å²) >= 11 is 6.11. The van der Waals surface area contributed by atoms with Gasteiger partial charge in [0.15, 0.2) is 6.61 Å². The number of benzene rings is 1. The molecule has 1 heterocycles. The van der Waals surface area contributed by atoms with Crippen LogP contribution >= 0.6 is 11.6 Å². The van der Waals surface area contributed by atoms with E-state index in [4.69, 9.17) is 16.3 Å². The zero-order valence-corrected chi connectivity index (χ0v) is 16.5. The van der Waals surface area contributed by atoms with E-state index < -0.39 is 24.4 Å². The summed E-state index contributed by atoms with van der Waals surface area (Å²) in [5.41, 5.74) is 0.798. The van der Waals surface area contributed by atoms with Crippen molar-refractivity contribution in [1.29, 1.82) is 0 Å². The third kappa shape index (κ3) is 6.53. The Bertz CT molecular complexity index is 740. The molecule has 152 valence electrons. The molecule has 1 fully saturated rings. The van der Waals surface area contributed by atoms with Gasteiger partial charge in [-0.05, 0) is 18.1 Å². The van der Waals surface area contributed by atoms with Crippen molar-refractivity contribution in [3.05, 3.63) is 34.9 Å². The highest BCUT2D eigenvalue weighted by molar-refractivity contribution is 6.31. The fourth-order valence-electron chi connectivity index (χ4n) is 2.73. The quantitative estimate of drug-likeness (QED) is 0.589. The molecule has 0 aromatic heterocycles. The molecule has 8 nitrogen and oxygen atoms in total. The summed E-state index contributed by atoms with van der Waals surface area (Å²) < 4.78 is 4.98. The van der Waals surface area contributed by atoms with Crippen LogP contribution < -0.4 is 10.6 Å². The van der Waals surface area contributed by atoms with Crippen LogP contribution in [0, 0.1) is 5.92 Å². The van der Waals surface area contributed by atoms with Gasteiger partial charge in [-0.1, -0.05) is 36.7 Å². The fourth-order valence-corrected chi connectivity index (χ4v) is 2.92. The first-order valence-corrected chi connectivity index (χ1v) is 9.49. The summed E-state index contributed by atoms with van der Waals surface area (Å²) in [5.74, 6) is -2.29. The summed E-state index contributed by atoms with van der Waals surface area (Å²) in [4.78, 5) is 49.0. The Morgan fingerprint density at radius 2 is 1.96 bits per heavy atom. The first-order chi connectivity index (χ1) is 13.4. The van der Waals surface area contributed by atoms with Gasteiger partial charge in [0.05, 0.1) is 12.5 Å². The van der Waals surface area contributed by atoms with E-state index in [0.29, 0.717) is 18.1 Å². The van der Waals surface area contributed by atoms with E-state index in [0.717, 1.165) is 12.0 Å². The van der Waals surface area contributed by atoms with Gasteiger partial charge >= 0.3 is 5.97 Å². The summed E-state index contributed by atoms with van der Waals surface area (Å²) in [6, 6.07) is 7.19. The first-order valence-electron chi connectivity index (χ1n) is 9.12.